The number of halogens is 3. The van der Waals surface area contributed by atoms with E-state index in [-0.39, 0.29) is 25.5 Å². The number of alkyl halides is 3. The molecular weight excluding hydrogens is 409 g/mol. The topological polar surface area (TPSA) is 64.3 Å². The van der Waals surface area contributed by atoms with Gasteiger partial charge in [-0.3, -0.25) is 9.48 Å². The maximum atomic E-state index is 13.6. The highest BCUT2D eigenvalue weighted by molar-refractivity contribution is 5.80. The number of nitrogens with zero attached hydrogens (tertiary/aromatic N) is 2. The van der Waals surface area contributed by atoms with E-state index in [4.69, 9.17) is 9.84 Å². The molecule has 1 heterocycles. The van der Waals surface area contributed by atoms with Gasteiger partial charge in [-0.25, -0.2) is 0 Å². The molecule has 1 fully saturated rings. The first kappa shape index (κ1) is 21.2. The molecule has 1 aliphatic carbocycles. The maximum absolute atomic E-state index is 13.6. The number of aryl methyl sites for hydroxylation is 1. The summed E-state index contributed by atoms with van der Waals surface area (Å²) in [6, 6.07) is 9.74. The molecule has 31 heavy (non-hydrogen) atoms. The molecule has 0 radical (unpaired) electrons. The number of ether oxygens (including phenoxy) is 1. The van der Waals surface area contributed by atoms with Gasteiger partial charge in [-0.15, -0.1) is 0 Å². The van der Waals surface area contributed by atoms with Crippen LogP contribution in [0.1, 0.15) is 54.7 Å². The SMILES string of the molecule is O=C(O)CCn1ncc2cc(OCc3ccc(C4CCCC4)c(C(F)(F)F)c3)ccc21. The first-order chi connectivity index (χ1) is 14.8. The lowest BCUT2D eigenvalue weighted by molar-refractivity contribution is -0.139. The number of fused-ring (bicyclic) bond motifs is 1. The summed E-state index contributed by atoms with van der Waals surface area (Å²) in [5.41, 5.74) is 1.07. The molecule has 5 nitrogen and oxygen atoms in total. The van der Waals surface area contributed by atoms with Gasteiger partial charge in [0.25, 0.3) is 0 Å². The average molecular weight is 432 g/mol. The van der Waals surface area contributed by atoms with Crippen LogP contribution in [0.15, 0.2) is 42.6 Å². The predicted octanol–water partition coefficient (Wildman–Crippen LogP) is 5.77. The van der Waals surface area contributed by atoms with Crippen LogP contribution in [-0.2, 0) is 24.1 Å². The molecule has 4 rings (SSSR count). The number of carbonyl (C=O) groups is 1. The molecule has 0 unspecified atom stereocenters. The van der Waals surface area contributed by atoms with Crippen molar-refractivity contribution < 1.29 is 27.8 Å². The van der Waals surface area contributed by atoms with Gasteiger partial charge in [0.05, 0.1) is 30.2 Å². The van der Waals surface area contributed by atoms with Crippen LogP contribution in [-0.4, -0.2) is 20.9 Å². The molecule has 0 amide bonds. The summed E-state index contributed by atoms with van der Waals surface area (Å²) in [4.78, 5) is 10.8. The number of hydrogen-bond donors (Lipinski definition) is 1. The van der Waals surface area contributed by atoms with Crippen LogP contribution in [0.4, 0.5) is 13.2 Å². The van der Waals surface area contributed by atoms with Crippen molar-refractivity contribution in [3.8, 4) is 5.75 Å². The zero-order valence-electron chi connectivity index (χ0n) is 16.9. The van der Waals surface area contributed by atoms with Gasteiger partial charge in [0.1, 0.15) is 12.4 Å². The fourth-order valence-electron chi connectivity index (χ4n) is 4.23. The monoisotopic (exact) mass is 432 g/mol. The Morgan fingerprint density at radius 3 is 2.65 bits per heavy atom. The molecule has 3 aromatic rings. The van der Waals surface area contributed by atoms with Crippen molar-refractivity contribution in [2.45, 2.75) is 57.3 Å². The van der Waals surface area contributed by atoms with E-state index in [0.29, 0.717) is 16.9 Å². The quantitative estimate of drug-likeness (QED) is 0.515. The Balaban J connectivity index is 1.49. The van der Waals surface area contributed by atoms with Crippen molar-refractivity contribution in [2.24, 2.45) is 0 Å². The highest BCUT2D eigenvalue weighted by Crippen LogP contribution is 2.42. The number of carboxylic acid groups (broad SMARTS) is 1. The van der Waals surface area contributed by atoms with Crippen molar-refractivity contribution in [1.29, 1.82) is 0 Å². The van der Waals surface area contributed by atoms with E-state index < -0.39 is 17.7 Å². The molecule has 1 saturated carbocycles. The van der Waals surface area contributed by atoms with Crippen molar-refractivity contribution >= 4 is 16.9 Å². The van der Waals surface area contributed by atoms with Gasteiger partial charge in [-0.2, -0.15) is 18.3 Å². The van der Waals surface area contributed by atoms with Gasteiger partial charge < -0.3 is 9.84 Å². The second-order valence-electron chi connectivity index (χ2n) is 7.92. The second kappa shape index (κ2) is 8.61. The van der Waals surface area contributed by atoms with Crippen LogP contribution in [0, 0.1) is 0 Å². The van der Waals surface area contributed by atoms with Crippen molar-refractivity contribution in [3.05, 3.63) is 59.3 Å². The first-order valence-electron chi connectivity index (χ1n) is 10.3. The number of rotatable bonds is 7. The standard InChI is InChI=1S/C23H23F3N2O3/c24-23(25,26)20-11-15(5-7-19(20)16-3-1-2-4-16)14-31-18-6-8-21-17(12-18)13-27-28(21)10-9-22(29)30/h5-8,11-13,16H,1-4,9-10,14H2,(H,29,30). The average Bonchev–Trinajstić information content (AvgIpc) is 3.39. The molecule has 1 aromatic heterocycles. The Morgan fingerprint density at radius 2 is 1.94 bits per heavy atom. The largest absolute Gasteiger partial charge is 0.489 e. The lowest BCUT2D eigenvalue weighted by atomic mass is 9.91. The van der Waals surface area contributed by atoms with Crippen molar-refractivity contribution in [1.82, 2.24) is 9.78 Å². The minimum atomic E-state index is -4.39. The molecule has 0 atom stereocenters. The maximum Gasteiger partial charge on any atom is 0.416 e. The highest BCUT2D eigenvalue weighted by atomic mass is 19.4. The van der Waals surface area contributed by atoms with Crippen LogP contribution in [0.5, 0.6) is 5.75 Å². The fourth-order valence-corrected chi connectivity index (χ4v) is 4.23. The van der Waals surface area contributed by atoms with E-state index in [9.17, 15) is 18.0 Å². The fraction of sp³-hybridized carbons (Fsp3) is 0.391. The van der Waals surface area contributed by atoms with E-state index in [2.05, 4.69) is 5.10 Å². The van der Waals surface area contributed by atoms with Gasteiger partial charge in [-0.1, -0.05) is 25.0 Å². The third-order valence-electron chi connectivity index (χ3n) is 5.77. The third-order valence-corrected chi connectivity index (χ3v) is 5.77. The zero-order chi connectivity index (χ0) is 22.0. The predicted molar refractivity (Wildman–Crippen MR) is 109 cm³/mol. The second-order valence-corrected chi connectivity index (χ2v) is 7.92. The van der Waals surface area contributed by atoms with Crippen LogP contribution < -0.4 is 4.74 Å². The molecule has 164 valence electrons. The van der Waals surface area contributed by atoms with Crippen molar-refractivity contribution in [3.63, 3.8) is 0 Å². The molecular formula is C23H23F3N2O3. The smallest absolute Gasteiger partial charge is 0.416 e. The summed E-state index contributed by atoms with van der Waals surface area (Å²) in [7, 11) is 0. The number of aromatic nitrogens is 2. The van der Waals surface area contributed by atoms with Crippen LogP contribution in [0.3, 0.4) is 0 Å². The van der Waals surface area contributed by atoms with E-state index in [1.54, 1.807) is 41.2 Å². The number of hydrogen-bond acceptors (Lipinski definition) is 3. The Hall–Kier alpha value is -3.03. The molecule has 0 aliphatic heterocycles. The molecule has 1 aliphatic rings. The summed E-state index contributed by atoms with van der Waals surface area (Å²) >= 11 is 0. The minimum Gasteiger partial charge on any atom is -0.489 e. The Labute approximate surface area is 177 Å². The molecule has 8 heteroatoms. The first-order valence-corrected chi connectivity index (χ1v) is 10.3. The molecule has 1 N–H and O–H groups in total. The number of carboxylic acids is 1. The molecule has 2 aromatic carbocycles. The summed E-state index contributed by atoms with van der Waals surface area (Å²) < 4.78 is 48.3. The number of aliphatic carboxylic acids is 1. The zero-order valence-corrected chi connectivity index (χ0v) is 16.9. The van der Waals surface area contributed by atoms with Crippen LogP contribution in [0.2, 0.25) is 0 Å². The van der Waals surface area contributed by atoms with Crippen LogP contribution >= 0.6 is 0 Å². The third kappa shape index (κ3) is 4.84. The van der Waals surface area contributed by atoms with E-state index in [1.807, 2.05) is 0 Å². The minimum absolute atomic E-state index is 0.0205. The van der Waals surface area contributed by atoms with Gasteiger partial charge in [-0.05, 0) is 54.2 Å². The van der Waals surface area contributed by atoms with E-state index >= 15 is 0 Å². The lowest BCUT2D eigenvalue weighted by Gasteiger charge is -2.19. The molecule has 0 saturated heterocycles. The Morgan fingerprint density at radius 1 is 1.16 bits per heavy atom. The molecule has 0 spiro atoms. The number of benzene rings is 2. The van der Waals surface area contributed by atoms with Gasteiger partial charge >= 0.3 is 12.1 Å². The van der Waals surface area contributed by atoms with Crippen LogP contribution in [0.25, 0.3) is 10.9 Å². The van der Waals surface area contributed by atoms with Gasteiger partial charge in [0.15, 0.2) is 0 Å². The summed E-state index contributed by atoms with van der Waals surface area (Å²) in [5, 5.41) is 13.8. The van der Waals surface area contributed by atoms with Crippen molar-refractivity contribution in [2.75, 3.05) is 0 Å². The normalized spacial score (nSPS) is 14.9. The summed E-state index contributed by atoms with van der Waals surface area (Å²) in [5.74, 6) is -0.411. The Kier molecular flexibility index (Phi) is 5.89. The van der Waals surface area contributed by atoms with Gasteiger partial charge in [0, 0.05) is 5.39 Å². The lowest BCUT2D eigenvalue weighted by Crippen LogP contribution is -2.12. The van der Waals surface area contributed by atoms with E-state index in [1.165, 1.54) is 6.07 Å². The van der Waals surface area contributed by atoms with E-state index in [0.717, 1.165) is 36.6 Å². The van der Waals surface area contributed by atoms with Gasteiger partial charge in [0.2, 0.25) is 0 Å². The Bertz CT molecular complexity index is 1090. The highest BCUT2D eigenvalue weighted by Gasteiger charge is 2.36. The summed E-state index contributed by atoms with van der Waals surface area (Å²) in [6.45, 7) is 0.277. The molecule has 0 bridgehead atoms. The summed E-state index contributed by atoms with van der Waals surface area (Å²) in [6.07, 6.45) is 0.746.